The van der Waals surface area contributed by atoms with Crippen molar-refractivity contribution >= 4 is 5.78 Å². The lowest BCUT2D eigenvalue weighted by atomic mass is 9.73. The second kappa shape index (κ2) is 5.35. The van der Waals surface area contributed by atoms with Gasteiger partial charge in [0.05, 0.1) is 0 Å². The van der Waals surface area contributed by atoms with Gasteiger partial charge in [-0.1, -0.05) is 13.8 Å². The Bertz CT molecular complexity index is 475. The Balaban J connectivity index is 2.20. The van der Waals surface area contributed by atoms with E-state index < -0.39 is 17.5 Å². The molecule has 2 rings (SSSR count). The van der Waals surface area contributed by atoms with Crippen molar-refractivity contribution in [2.45, 2.75) is 33.1 Å². The Morgan fingerprint density at radius 3 is 2.16 bits per heavy atom. The van der Waals surface area contributed by atoms with E-state index in [1.165, 1.54) is 0 Å². The van der Waals surface area contributed by atoms with Crippen LogP contribution in [0.15, 0.2) is 12.1 Å². The van der Waals surface area contributed by atoms with E-state index in [-0.39, 0.29) is 17.3 Å². The molecule has 0 heterocycles. The third kappa shape index (κ3) is 2.82. The van der Waals surface area contributed by atoms with Gasteiger partial charge in [-0.15, -0.1) is 0 Å². The maximum Gasteiger partial charge on any atom is 0.194 e. The van der Waals surface area contributed by atoms with Crippen LogP contribution < -0.4 is 0 Å². The Morgan fingerprint density at radius 1 is 1.05 bits per heavy atom. The first-order chi connectivity index (χ1) is 8.90. The number of hydrogen-bond donors (Lipinski definition) is 0. The fourth-order valence-corrected chi connectivity index (χ4v) is 2.72. The summed E-state index contributed by atoms with van der Waals surface area (Å²) < 4.78 is 39.1. The molecule has 1 aliphatic carbocycles. The summed E-state index contributed by atoms with van der Waals surface area (Å²) in [4.78, 5) is 12.2. The second-order valence-corrected chi connectivity index (χ2v) is 5.58. The molecular formula is C15H17F3O. The van der Waals surface area contributed by atoms with Crippen LogP contribution in [-0.2, 0) is 0 Å². The van der Waals surface area contributed by atoms with Gasteiger partial charge in [0, 0.05) is 11.5 Å². The summed E-state index contributed by atoms with van der Waals surface area (Å²) in [6, 6.07) is 1.59. The minimum absolute atomic E-state index is 0.0665. The molecule has 0 aliphatic heterocycles. The smallest absolute Gasteiger partial charge is 0.194 e. The lowest BCUT2D eigenvalue weighted by Crippen LogP contribution is -2.26. The molecule has 0 aromatic heterocycles. The number of halogens is 3. The standard InChI is InChI=1S/C15H17F3O/c1-8-3-4-10(5-9(8)2)15(19)11-6-12(16)14(18)13(17)7-11/h6-10H,3-5H2,1-2H3. The van der Waals surface area contributed by atoms with Crippen LogP contribution in [0.3, 0.4) is 0 Å². The van der Waals surface area contributed by atoms with Crippen molar-refractivity contribution in [2.24, 2.45) is 17.8 Å². The quantitative estimate of drug-likeness (QED) is 0.576. The highest BCUT2D eigenvalue weighted by atomic mass is 19.2. The van der Waals surface area contributed by atoms with Gasteiger partial charge >= 0.3 is 0 Å². The SMILES string of the molecule is CC1CCC(C(=O)c2cc(F)c(F)c(F)c2)CC1C. The zero-order chi connectivity index (χ0) is 14.2. The molecule has 4 heteroatoms. The van der Waals surface area contributed by atoms with Gasteiger partial charge in [-0.25, -0.2) is 13.2 Å². The molecule has 1 aromatic rings. The molecule has 0 spiro atoms. The Morgan fingerprint density at radius 2 is 1.63 bits per heavy atom. The monoisotopic (exact) mass is 270 g/mol. The predicted molar refractivity (Wildman–Crippen MR) is 66.3 cm³/mol. The molecule has 1 fully saturated rings. The molecule has 1 aromatic carbocycles. The van der Waals surface area contributed by atoms with Crippen molar-refractivity contribution in [2.75, 3.05) is 0 Å². The molecule has 3 atom stereocenters. The number of benzene rings is 1. The van der Waals surface area contributed by atoms with Gasteiger partial charge in [0.15, 0.2) is 23.2 Å². The highest BCUT2D eigenvalue weighted by Crippen LogP contribution is 2.35. The van der Waals surface area contributed by atoms with Gasteiger partial charge in [-0.3, -0.25) is 4.79 Å². The first-order valence-electron chi connectivity index (χ1n) is 6.59. The number of rotatable bonds is 2. The predicted octanol–water partition coefficient (Wildman–Crippen LogP) is 4.36. The molecular weight excluding hydrogens is 253 g/mol. The van der Waals surface area contributed by atoms with Crippen LogP contribution in [0, 0.1) is 35.2 Å². The molecule has 0 saturated heterocycles. The summed E-state index contributed by atoms with van der Waals surface area (Å²) in [5.41, 5.74) is -0.0665. The normalized spacial score (nSPS) is 27.3. The van der Waals surface area contributed by atoms with Crippen molar-refractivity contribution in [1.82, 2.24) is 0 Å². The highest BCUT2D eigenvalue weighted by Gasteiger charge is 2.30. The third-order valence-corrected chi connectivity index (χ3v) is 4.24. The number of ketones is 1. The van der Waals surface area contributed by atoms with E-state index in [9.17, 15) is 18.0 Å². The first kappa shape index (κ1) is 14.1. The third-order valence-electron chi connectivity index (χ3n) is 4.24. The summed E-state index contributed by atoms with van der Waals surface area (Å²) >= 11 is 0. The number of carbonyl (C=O) groups excluding carboxylic acids is 1. The van der Waals surface area contributed by atoms with Crippen LogP contribution in [0.1, 0.15) is 43.5 Å². The molecule has 104 valence electrons. The van der Waals surface area contributed by atoms with E-state index in [0.29, 0.717) is 11.8 Å². The van der Waals surface area contributed by atoms with E-state index in [4.69, 9.17) is 0 Å². The molecule has 0 amide bonds. The minimum Gasteiger partial charge on any atom is -0.294 e. The average Bonchev–Trinajstić information content (AvgIpc) is 2.37. The van der Waals surface area contributed by atoms with Gasteiger partial charge in [0.2, 0.25) is 0 Å². The summed E-state index contributed by atoms with van der Waals surface area (Å²) in [5.74, 6) is -3.65. The summed E-state index contributed by atoms with van der Waals surface area (Å²) in [6.07, 6.45) is 2.38. The van der Waals surface area contributed by atoms with Crippen molar-refractivity contribution in [3.63, 3.8) is 0 Å². The van der Waals surface area contributed by atoms with Gasteiger partial charge < -0.3 is 0 Å². The van der Waals surface area contributed by atoms with E-state index in [2.05, 4.69) is 13.8 Å². The zero-order valence-corrected chi connectivity index (χ0v) is 11.1. The van der Waals surface area contributed by atoms with Gasteiger partial charge in [0.25, 0.3) is 0 Å². The summed E-state index contributed by atoms with van der Waals surface area (Å²) in [6.45, 7) is 4.22. The molecule has 1 saturated carbocycles. The topological polar surface area (TPSA) is 17.1 Å². The number of Topliss-reactive ketones (excluding diaryl/α,β-unsaturated/α-hetero) is 1. The van der Waals surface area contributed by atoms with Gasteiger partial charge in [-0.05, 0) is 43.2 Å². The number of carbonyl (C=O) groups is 1. The highest BCUT2D eigenvalue weighted by molar-refractivity contribution is 5.97. The largest absolute Gasteiger partial charge is 0.294 e. The molecule has 0 N–H and O–H groups in total. The number of hydrogen-bond acceptors (Lipinski definition) is 1. The molecule has 3 unspecified atom stereocenters. The van der Waals surface area contributed by atoms with Crippen molar-refractivity contribution in [3.8, 4) is 0 Å². The summed E-state index contributed by atoms with van der Waals surface area (Å²) in [5, 5.41) is 0. The molecule has 19 heavy (non-hydrogen) atoms. The Kier molecular flexibility index (Phi) is 3.97. The maximum atomic E-state index is 13.1. The van der Waals surface area contributed by atoms with Crippen LogP contribution in [0.4, 0.5) is 13.2 Å². The van der Waals surface area contributed by atoms with Crippen molar-refractivity contribution in [3.05, 3.63) is 35.1 Å². The lowest BCUT2D eigenvalue weighted by Gasteiger charge is -2.31. The lowest BCUT2D eigenvalue weighted by molar-refractivity contribution is 0.0836. The van der Waals surface area contributed by atoms with Crippen LogP contribution in [-0.4, -0.2) is 5.78 Å². The maximum absolute atomic E-state index is 13.1. The van der Waals surface area contributed by atoms with E-state index in [0.717, 1.165) is 31.4 Å². The minimum atomic E-state index is -1.53. The Hall–Kier alpha value is -1.32. The Labute approximate surface area is 110 Å². The van der Waals surface area contributed by atoms with Crippen molar-refractivity contribution in [1.29, 1.82) is 0 Å². The average molecular weight is 270 g/mol. The first-order valence-corrected chi connectivity index (χ1v) is 6.59. The van der Waals surface area contributed by atoms with Gasteiger partial charge in [0.1, 0.15) is 0 Å². The molecule has 1 nitrogen and oxygen atoms in total. The summed E-state index contributed by atoms with van der Waals surface area (Å²) in [7, 11) is 0. The van der Waals surface area contributed by atoms with E-state index in [1.807, 2.05) is 0 Å². The van der Waals surface area contributed by atoms with Crippen LogP contribution >= 0.6 is 0 Å². The fourth-order valence-electron chi connectivity index (χ4n) is 2.72. The second-order valence-electron chi connectivity index (χ2n) is 5.58. The van der Waals surface area contributed by atoms with Crippen LogP contribution in [0.5, 0.6) is 0 Å². The van der Waals surface area contributed by atoms with E-state index in [1.54, 1.807) is 0 Å². The fraction of sp³-hybridized carbons (Fsp3) is 0.533. The molecule has 0 bridgehead atoms. The van der Waals surface area contributed by atoms with Crippen LogP contribution in [0.25, 0.3) is 0 Å². The van der Waals surface area contributed by atoms with Crippen molar-refractivity contribution < 1.29 is 18.0 Å². The zero-order valence-electron chi connectivity index (χ0n) is 11.1. The molecule has 0 radical (unpaired) electrons. The molecule has 1 aliphatic rings. The van der Waals surface area contributed by atoms with E-state index >= 15 is 0 Å². The van der Waals surface area contributed by atoms with Crippen LogP contribution in [0.2, 0.25) is 0 Å². The van der Waals surface area contributed by atoms with Gasteiger partial charge in [-0.2, -0.15) is 0 Å².